The summed E-state index contributed by atoms with van der Waals surface area (Å²) >= 11 is 0. The Balaban J connectivity index is 1.26. The Morgan fingerprint density at radius 2 is 1.62 bits per heavy atom. The van der Waals surface area contributed by atoms with E-state index in [1.54, 1.807) is 0 Å². The monoisotopic (exact) mass is 435 g/mol. The second-order valence-corrected chi connectivity index (χ2v) is 8.97. The molecule has 0 aliphatic carbocycles. The summed E-state index contributed by atoms with van der Waals surface area (Å²) in [4.78, 5) is 29.5. The number of aryl methyl sites for hydroxylation is 3. The first-order valence-electron chi connectivity index (χ1n) is 11.8. The van der Waals surface area contributed by atoms with Crippen LogP contribution in [0, 0.1) is 20.8 Å². The zero-order chi connectivity index (χ0) is 22.9. The molecule has 0 bridgehead atoms. The molecule has 0 spiro atoms. The fourth-order valence-electron chi connectivity index (χ4n) is 4.23. The van der Waals surface area contributed by atoms with Crippen LogP contribution in [0.3, 0.4) is 0 Å². The number of ketones is 1. The van der Waals surface area contributed by atoms with Crippen molar-refractivity contribution in [2.75, 3.05) is 44.2 Å². The van der Waals surface area contributed by atoms with Crippen molar-refractivity contribution < 1.29 is 9.59 Å². The van der Waals surface area contributed by atoms with Gasteiger partial charge in [0.2, 0.25) is 5.91 Å². The van der Waals surface area contributed by atoms with E-state index in [4.69, 9.17) is 0 Å². The lowest BCUT2D eigenvalue weighted by Gasteiger charge is -2.36. The summed E-state index contributed by atoms with van der Waals surface area (Å²) < 4.78 is 0. The SMILES string of the molecule is Cc1cccc(N2CCN(CCCCNC(=O)CCC(=O)c3cc(C)ccc3C)CC2)c1. The average Bonchev–Trinajstić information content (AvgIpc) is 2.79. The van der Waals surface area contributed by atoms with E-state index >= 15 is 0 Å². The van der Waals surface area contributed by atoms with E-state index in [1.165, 1.54) is 11.3 Å². The third-order valence-electron chi connectivity index (χ3n) is 6.23. The first-order valence-corrected chi connectivity index (χ1v) is 11.8. The van der Waals surface area contributed by atoms with E-state index in [0.29, 0.717) is 6.54 Å². The van der Waals surface area contributed by atoms with Crippen LogP contribution < -0.4 is 10.2 Å². The maximum Gasteiger partial charge on any atom is 0.220 e. The van der Waals surface area contributed by atoms with Crippen molar-refractivity contribution >= 4 is 17.4 Å². The van der Waals surface area contributed by atoms with Crippen molar-refractivity contribution in [3.63, 3.8) is 0 Å². The van der Waals surface area contributed by atoms with Gasteiger partial charge in [0, 0.05) is 56.8 Å². The lowest BCUT2D eigenvalue weighted by molar-refractivity contribution is -0.121. The predicted octanol–water partition coefficient (Wildman–Crippen LogP) is 4.29. The van der Waals surface area contributed by atoms with Gasteiger partial charge in [-0.05, 0) is 69.5 Å². The average molecular weight is 436 g/mol. The fraction of sp³-hybridized carbons (Fsp3) is 0.481. The maximum atomic E-state index is 12.4. The third-order valence-corrected chi connectivity index (χ3v) is 6.23. The number of unbranched alkanes of at least 4 members (excludes halogenated alkanes) is 1. The Bertz CT molecular complexity index is 917. The fourth-order valence-corrected chi connectivity index (χ4v) is 4.23. The Morgan fingerprint density at radius 3 is 2.38 bits per heavy atom. The predicted molar refractivity (Wildman–Crippen MR) is 132 cm³/mol. The van der Waals surface area contributed by atoms with Crippen LogP contribution in [-0.4, -0.2) is 55.9 Å². The number of benzene rings is 2. The summed E-state index contributed by atoms with van der Waals surface area (Å²) in [5.74, 6) is 0.0154. The summed E-state index contributed by atoms with van der Waals surface area (Å²) in [6.07, 6.45) is 2.56. The van der Waals surface area contributed by atoms with Gasteiger partial charge in [-0.2, -0.15) is 0 Å². The highest BCUT2D eigenvalue weighted by molar-refractivity contribution is 5.99. The molecule has 1 heterocycles. The number of nitrogens with one attached hydrogen (secondary N) is 1. The minimum atomic E-state index is -0.0320. The van der Waals surface area contributed by atoms with Crippen LogP contribution in [0.1, 0.15) is 52.7 Å². The molecule has 2 aromatic carbocycles. The normalized spacial score (nSPS) is 14.4. The van der Waals surface area contributed by atoms with Crippen molar-refractivity contribution in [3.05, 3.63) is 64.7 Å². The molecule has 172 valence electrons. The van der Waals surface area contributed by atoms with Gasteiger partial charge in [0.15, 0.2) is 5.78 Å². The minimum absolute atomic E-state index is 0.0320. The molecule has 0 atom stereocenters. The van der Waals surface area contributed by atoms with Crippen LogP contribution in [0.5, 0.6) is 0 Å². The quantitative estimate of drug-likeness (QED) is 0.447. The molecule has 3 rings (SSSR count). The molecule has 5 heteroatoms. The lowest BCUT2D eigenvalue weighted by Crippen LogP contribution is -2.46. The highest BCUT2D eigenvalue weighted by Gasteiger charge is 2.17. The van der Waals surface area contributed by atoms with Gasteiger partial charge in [0.1, 0.15) is 0 Å². The highest BCUT2D eigenvalue weighted by Crippen LogP contribution is 2.18. The number of hydrogen-bond acceptors (Lipinski definition) is 4. The second kappa shape index (κ2) is 11.8. The Morgan fingerprint density at radius 1 is 0.875 bits per heavy atom. The van der Waals surface area contributed by atoms with Gasteiger partial charge in [-0.3, -0.25) is 14.5 Å². The van der Waals surface area contributed by atoms with Crippen LogP contribution in [0.4, 0.5) is 5.69 Å². The Labute approximate surface area is 192 Å². The summed E-state index contributed by atoms with van der Waals surface area (Å²) in [7, 11) is 0. The summed E-state index contributed by atoms with van der Waals surface area (Å²) in [5, 5.41) is 2.97. The van der Waals surface area contributed by atoms with Crippen LogP contribution in [0.25, 0.3) is 0 Å². The van der Waals surface area contributed by atoms with Gasteiger partial charge in [0.25, 0.3) is 0 Å². The molecule has 1 aliphatic rings. The standard InChI is InChI=1S/C27H37N3O2/c1-21-7-6-8-24(19-21)30-17-15-29(16-18-30)14-5-4-13-28-27(32)12-11-26(31)25-20-22(2)9-10-23(25)3/h6-10,19-20H,4-5,11-18H2,1-3H3,(H,28,32). The largest absolute Gasteiger partial charge is 0.369 e. The van der Waals surface area contributed by atoms with E-state index in [-0.39, 0.29) is 24.5 Å². The van der Waals surface area contributed by atoms with Gasteiger partial charge < -0.3 is 10.2 Å². The molecule has 32 heavy (non-hydrogen) atoms. The molecule has 1 saturated heterocycles. The Kier molecular flexibility index (Phi) is 8.86. The second-order valence-electron chi connectivity index (χ2n) is 8.97. The molecule has 0 saturated carbocycles. The highest BCUT2D eigenvalue weighted by atomic mass is 16.2. The van der Waals surface area contributed by atoms with Crippen molar-refractivity contribution in [1.82, 2.24) is 10.2 Å². The van der Waals surface area contributed by atoms with Crippen LogP contribution in [0.15, 0.2) is 42.5 Å². The molecular formula is C27H37N3O2. The maximum absolute atomic E-state index is 12.4. The van der Waals surface area contributed by atoms with E-state index in [1.807, 2.05) is 32.0 Å². The smallest absolute Gasteiger partial charge is 0.220 e. The van der Waals surface area contributed by atoms with Gasteiger partial charge >= 0.3 is 0 Å². The van der Waals surface area contributed by atoms with Crippen LogP contribution in [0.2, 0.25) is 0 Å². The topological polar surface area (TPSA) is 52.6 Å². The van der Waals surface area contributed by atoms with Gasteiger partial charge in [0.05, 0.1) is 0 Å². The number of carbonyl (C=O) groups excluding carboxylic acids is 2. The third kappa shape index (κ3) is 7.20. The molecule has 1 N–H and O–H groups in total. The molecule has 0 unspecified atom stereocenters. The minimum Gasteiger partial charge on any atom is -0.369 e. The first kappa shape index (κ1) is 24.0. The van der Waals surface area contributed by atoms with Crippen molar-refractivity contribution in [3.8, 4) is 0 Å². The number of piperazine rings is 1. The summed E-state index contributed by atoms with van der Waals surface area (Å²) in [6, 6.07) is 14.6. The van der Waals surface area contributed by atoms with Gasteiger partial charge in [-0.1, -0.05) is 29.8 Å². The number of hydrogen-bond donors (Lipinski definition) is 1. The van der Waals surface area contributed by atoms with Crippen LogP contribution >= 0.6 is 0 Å². The molecule has 1 fully saturated rings. The zero-order valence-corrected chi connectivity index (χ0v) is 19.8. The number of nitrogens with zero attached hydrogens (tertiary/aromatic N) is 2. The van der Waals surface area contributed by atoms with Gasteiger partial charge in [-0.15, -0.1) is 0 Å². The van der Waals surface area contributed by atoms with E-state index in [0.717, 1.165) is 62.3 Å². The van der Waals surface area contributed by atoms with Crippen molar-refractivity contribution in [1.29, 1.82) is 0 Å². The molecule has 2 aromatic rings. The number of amides is 1. The van der Waals surface area contributed by atoms with Gasteiger partial charge in [-0.25, -0.2) is 0 Å². The molecule has 1 amide bonds. The van der Waals surface area contributed by atoms with Crippen molar-refractivity contribution in [2.24, 2.45) is 0 Å². The van der Waals surface area contributed by atoms with Crippen molar-refractivity contribution in [2.45, 2.75) is 46.5 Å². The summed E-state index contributed by atoms with van der Waals surface area (Å²) in [6.45, 7) is 12.1. The lowest BCUT2D eigenvalue weighted by atomic mass is 9.99. The number of carbonyl (C=O) groups is 2. The summed E-state index contributed by atoms with van der Waals surface area (Å²) in [5.41, 5.74) is 5.41. The molecule has 5 nitrogen and oxygen atoms in total. The zero-order valence-electron chi connectivity index (χ0n) is 19.8. The number of rotatable bonds is 10. The number of Topliss-reactive ketones (excluding diaryl/α,β-unsaturated/α-hetero) is 1. The first-order chi connectivity index (χ1) is 15.4. The molecule has 0 radical (unpaired) electrons. The van der Waals surface area contributed by atoms with E-state index < -0.39 is 0 Å². The van der Waals surface area contributed by atoms with Crippen LogP contribution in [-0.2, 0) is 4.79 Å². The Hall–Kier alpha value is -2.66. The molecule has 0 aromatic heterocycles. The molecular weight excluding hydrogens is 398 g/mol. The van der Waals surface area contributed by atoms with E-state index in [2.05, 4.69) is 46.3 Å². The molecule has 1 aliphatic heterocycles. The number of anilines is 1. The van der Waals surface area contributed by atoms with E-state index in [9.17, 15) is 9.59 Å².